The van der Waals surface area contributed by atoms with Gasteiger partial charge in [0.15, 0.2) is 5.65 Å². The van der Waals surface area contributed by atoms with Gasteiger partial charge in [0, 0.05) is 30.2 Å². The topological polar surface area (TPSA) is 55.2 Å². The van der Waals surface area contributed by atoms with Crippen LogP contribution >= 0.6 is 0 Å². The van der Waals surface area contributed by atoms with Crippen LogP contribution in [-0.4, -0.2) is 42.4 Å². The first-order valence-electron chi connectivity index (χ1n) is 8.02. The molecule has 24 heavy (non-hydrogen) atoms. The van der Waals surface area contributed by atoms with Crippen molar-refractivity contribution in [3.63, 3.8) is 0 Å². The molecule has 1 atom stereocenters. The molecule has 3 aromatic rings. The van der Waals surface area contributed by atoms with Crippen LogP contribution in [0.25, 0.3) is 11.0 Å². The van der Waals surface area contributed by atoms with Crippen molar-refractivity contribution in [2.45, 2.75) is 17.2 Å². The average Bonchev–Trinajstić information content (AvgIpc) is 3.19. The van der Waals surface area contributed by atoms with Crippen LogP contribution in [0.3, 0.4) is 0 Å². The molecule has 1 fully saturated rings. The SMILES string of the molecule is CN1CCC(c2cn(S(=O)(=O)c3ccccc3)c3ncccc23)C1. The van der Waals surface area contributed by atoms with Gasteiger partial charge in [-0.15, -0.1) is 0 Å². The van der Waals surface area contributed by atoms with Gasteiger partial charge in [-0.2, -0.15) is 0 Å². The molecule has 1 unspecified atom stereocenters. The number of likely N-dealkylation sites (N-methyl/N-ethyl adjacent to an activating group) is 1. The first-order valence-corrected chi connectivity index (χ1v) is 9.46. The third-order valence-corrected chi connectivity index (χ3v) is 6.36. The minimum atomic E-state index is -3.65. The average molecular weight is 341 g/mol. The van der Waals surface area contributed by atoms with E-state index in [9.17, 15) is 8.42 Å². The van der Waals surface area contributed by atoms with Crippen LogP contribution < -0.4 is 0 Å². The van der Waals surface area contributed by atoms with Gasteiger partial charge >= 0.3 is 0 Å². The van der Waals surface area contributed by atoms with E-state index in [0.717, 1.165) is 30.5 Å². The lowest BCUT2D eigenvalue weighted by atomic mass is 9.99. The van der Waals surface area contributed by atoms with E-state index in [-0.39, 0.29) is 4.90 Å². The van der Waals surface area contributed by atoms with Gasteiger partial charge in [-0.25, -0.2) is 17.4 Å². The zero-order chi connectivity index (χ0) is 16.7. The van der Waals surface area contributed by atoms with Crippen LogP contribution in [0.5, 0.6) is 0 Å². The van der Waals surface area contributed by atoms with Gasteiger partial charge in [-0.1, -0.05) is 18.2 Å². The molecule has 0 amide bonds. The summed E-state index contributed by atoms with van der Waals surface area (Å²) in [6, 6.07) is 12.3. The Bertz CT molecular complexity index is 980. The first-order chi connectivity index (χ1) is 11.6. The van der Waals surface area contributed by atoms with Crippen molar-refractivity contribution in [2.24, 2.45) is 0 Å². The summed E-state index contributed by atoms with van der Waals surface area (Å²) in [5.74, 6) is 0.342. The number of fused-ring (bicyclic) bond motifs is 1. The fourth-order valence-corrected chi connectivity index (χ4v) is 4.81. The Balaban J connectivity index is 1.91. The molecule has 4 rings (SSSR count). The maximum Gasteiger partial charge on any atom is 0.269 e. The predicted molar refractivity (Wildman–Crippen MR) is 93.6 cm³/mol. The number of rotatable bonds is 3. The van der Waals surface area contributed by atoms with Gasteiger partial charge in [0.1, 0.15) is 0 Å². The Hall–Kier alpha value is -2.18. The number of hydrogen-bond acceptors (Lipinski definition) is 4. The van der Waals surface area contributed by atoms with Crippen LogP contribution in [0.2, 0.25) is 0 Å². The second-order valence-corrected chi connectivity index (χ2v) is 8.14. The largest absolute Gasteiger partial charge is 0.306 e. The quantitative estimate of drug-likeness (QED) is 0.735. The van der Waals surface area contributed by atoms with Crippen molar-refractivity contribution < 1.29 is 8.42 Å². The number of hydrogen-bond donors (Lipinski definition) is 0. The maximum atomic E-state index is 13.1. The highest BCUT2D eigenvalue weighted by atomic mass is 32.2. The van der Waals surface area contributed by atoms with Crippen LogP contribution in [0, 0.1) is 0 Å². The van der Waals surface area contributed by atoms with Gasteiger partial charge in [0.25, 0.3) is 10.0 Å². The summed E-state index contributed by atoms with van der Waals surface area (Å²) < 4.78 is 27.4. The molecule has 0 radical (unpaired) electrons. The van der Waals surface area contributed by atoms with E-state index in [1.54, 1.807) is 36.7 Å². The number of nitrogens with zero attached hydrogens (tertiary/aromatic N) is 3. The Kier molecular flexibility index (Phi) is 3.66. The van der Waals surface area contributed by atoms with E-state index >= 15 is 0 Å². The highest BCUT2D eigenvalue weighted by Gasteiger charge is 2.28. The Morgan fingerprint density at radius 2 is 1.92 bits per heavy atom. The van der Waals surface area contributed by atoms with E-state index in [1.807, 2.05) is 18.2 Å². The van der Waals surface area contributed by atoms with Crippen LogP contribution in [0.15, 0.2) is 59.8 Å². The fourth-order valence-electron chi connectivity index (χ4n) is 3.46. The zero-order valence-electron chi connectivity index (χ0n) is 13.5. The fraction of sp³-hybridized carbons (Fsp3) is 0.278. The molecule has 6 heteroatoms. The van der Waals surface area contributed by atoms with Crippen molar-refractivity contribution in [3.05, 3.63) is 60.4 Å². The highest BCUT2D eigenvalue weighted by molar-refractivity contribution is 7.90. The van der Waals surface area contributed by atoms with Crippen molar-refractivity contribution >= 4 is 21.1 Å². The summed E-state index contributed by atoms with van der Waals surface area (Å²) >= 11 is 0. The second kappa shape index (κ2) is 5.72. The zero-order valence-corrected chi connectivity index (χ0v) is 14.3. The summed E-state index contributed by atoms with van der Waals surface area (Å²) in [7, 11) is -1.55. The monoisotopic (exact) mass is 341 g/mol. The molecule has 3 heterocycles. The third-order valence-electron chi connectivity index (χ3n) is 4.69. The van der Waals surface area contributed by atoms with E-state index in [4.69, 9.17) is 0 Å². The van der Waals surface area contributed by atoms with Gasteiger partial charge < -0.3 is 4.90 Å². The molecule has 1 saturated heterocycles. The van der Waals surface area contributed by atoms with Gasteiger partial charge in [0.05, 0.1) is 4.90 Å². The Morgan fingerprint density at radius 3 is 2.62 bits per heavy atom. The van der Waals surface area contributed by atoms with E-state index in [2.05, 4.69) is 16.9 Å². The van der Waals surface area contributed by atoms with Crippen molar-refractivity contribution in [1.82, 2.24) is 13.9 Å². The molecule has 5 nitrogen and oxygen atoms in total. The lowest BCUT2D eigenvalue weighted by Gasteiger charge is -2.09. The van der Waals surface area contributed by atoms with Crippen molar-refractivity contribution in [1.29, 1.82) is 0 Å². The Morgan fingerprint density at radius 1 is 1.12 bits per heavy atom. The molecule has 2 aromatic heterocycles. The number of pyridine rings is 1. The summed E-state index contributed by atoms with van der Waals surface area (Å²) in [4.78, 5) is 6.91. The predicted octanol–water partition coefficient (Wildman–Crippen LogP) is 2.69. The first kappa shape index (κ1) is 15.4. The Labute approximate surface area is 141 Å². The number of aromatic nitrogens is 2. The molecule has 1 aliphatic heterocycles. The van der Waals surface area contributed by atoms with Gasteiger partial charge in [-0.3, -0.25) is 0 Å². The number of benzene rings is 1. The molecule has 124 valence electrons. The summed E-state index contributed by atoms with van der Waals surface area (Å²) in [5.41, 5.74) is 1.58. The molecule has 0 saturated carbocycles. The lowest BCUT2D eigenvalue weighted by Crippen LogP contribution is -2.13. The van der Waals surface area contributed by atoms with E-state index < -0.39 is 10.0 Å². The molecule has 0 spiro atoms. The third kappa shape index (κ3) is 2.42. The molecule has 0 N–H and O–H groups in total. The highest BCUT2D eigenvalue weighted by Crippen LogP contribution is 2.34. The van der Waals surface area contributed by atoms with Crippen molar-refractivity contribution in [2.75, 3.05) is 20.1 Å². The van der Waals surface area contributed by atoms with E-state index in [1.165, 1.54) is 3.97 Å². The molecule has 0 bridgehead atoms. The minimum Gasteiger partial charge on any atom is -0.306 e. The summed E-state index contributed by atoms with van der Waals surface area (Å²) in [6.45, 7) is 1.97. The van der Waals surface area contributed by atoms with Crippen LogP contribution in [-0.2, 0) is 10.0 Å². The smallest absolute Gasteiger partial charge is 0.269 e. The summed E-state index contributed by atoms with van der Waals surface area (Å²) in [6.07, 6.45) is 4.45. The second-order valence-electron chi connectivity index (χ2n) is 6.32. The normalized spacial score (nSPS) is 19.1. The minimum absolute atomic E-state index is 0.280. The molecule has 1 aromatic carbocycles. The number of likely N-dealkylation sites (tertiary alicyclic amines) is 1. The van der Waals surface area contributed by atoms with Gasteiger partial charge in [-0.05, 0) is 49.8 Å². The van der Waals surface area contributed by atoms with Crippen molar-refractivity contribution in [3.8, 4) is 0 Å². The van der Waals surface area contributed by atoms with Crippen LogP contribution in [0.4, 0.5) is 0 Å². The van der Waals surface area contributed by atoms with Gasteiger partial charge in [0.2, 0.25) is 0 Å². The summed E-state index contributed by atoms with van der Waals surface area (Å²) in [5, 5.41) is 0.928. The standard InChI is InChI=1S/C18H19N3O2S/c1-20-11-9-14(12-20)17-13-21(18-16(17)8-5-10-19-18)24(22,23)15-6-3-2-4-7-15/h2-8,10,13-14H,9,11-12H2,1H3. The molecule has 0 aliphatic carbocycles. The maximum absolute atomic E-state index is 13.1. The molecular formula is C18H19N3O2S. The molecular weight excluding hydrogens is 322 g/mol. The van der Waals surface area contributed by atoms with E-state index in [0.29, 0.717) is 11.6 Å². The molecule has 1 aliphatic rings. The van der Waals surface area contributed by atoms with Crippen LogP contribution in [0.1, 0.15) is 17.9 Å². The lowest BCUT2D eigenvalue weighted by molar-refractivity contribution is 0.412.